The largest absolute Gasteiger partial charge is 0.452 e. The van der Waals surface area contributed by atoms with Crippen molar-refractivity contribution in [1.29, 1.82) is 0 Å². The van der Waals surface area contributed by atoms with E-state index in [4.69, 9.17) is 4.42 Å². The van der Waals surface area contributed by atoms with Gasteiger partial charge in [0.25, 0.3) is 0 Å². The minimum Gasteiger partial charge on any atom is -0.452 e. The average Bonchev–Trinajstić information content (AvgIpc) is 2.47. The van der Waals surface area contributed by atoms with Crippen molar-refractivity contribution < 1.29 is 9.21 Å². The fraction of sp³-hybridized carbons (Fsp3) is 0.100. The van der Waals surface area contributed by atoms with Gasteiger partial charge in [-0.05, 0) is 13.0 Å². The highest BCUT2D eigenvalue weighted by Gasteiger charge is 2.08. The zero-order chi connectivity index (χ0) is 8.55. The summed E-state index contributed by atoms with van der Waals surface area (Å²) in [5, 5.41) is 0.838. The Morgan fingerprint density at radius 3 is 2.92 bits per heavy atom. The molecule has 0 fully saturated rings. The third-order valence-corrected chi connectivity index (χ3v) is 1.77. The van der Waals surface area contributed by atoms with Gasteiger partial charge < -0.3 is 4.42 Å². The molecule has 2 rings (SSSR count). The number of benzene rings is 1. The Morgan fingerprint density at radius 2 is 2.17 bits per heavy atom. The second kappa shape index (κ2) is 2.48. The summed E-state index contributed by atoms with van der Waals surface area (Å²) < 4.78 is 5.06. The third-order valence-electron chi connectivity index (χ3n) is 1.77. The molecule has 0 bridgehead atoms. The molecule has 59 valence electrons. The molecule has 1 aromatic heterocycles. The highest BCUT2D eigenvalue weighted by Crippen LogP contribution is 2.19. The molecule has 1 radical (unpaired) electrons. The Hall–Kier alpha value is -1.57. The lowest BCUT2D eigenvalue weighted by molar-refractivity contribution is 0.101. The van der Waals surface area contributed by atoms with E-state index in [0.717, 1.165) is 5.39 Å². The standard InChI is InChI=1S/C10H7O2/c1-7(11)9-6-12-10-5-3-2-4-8(9)10/h2-5H,1H3. The van der Waals surface area contributed by atoms with E-state index in [-0.39, 0.29) is 5.78 Å². The Morgan fingerprint density at radius 1 is 1.42 bits per heavy atom. The Balaban J connectivity index is 2.79. The molecule has 0 amide bonds. The van der Waals surface area contributed by atoms with Gasteiger partial charge in [0.05, 0.1) is 5.56 Å². The van der Waals surface area contributed by atoms with E-state index in [0.29, 0.717) is 11.1 Å². The SMILES string of the molecule is CC(=O)c1[c]oc2ccccc12. The highest BCUT2D eigenvalue weighted by atomic mass is 16.3. The molecule has 0 saturated carbocycles. The van der Waals surface area contributed by atoms with Crippen LogP contribution in [0.15, 0.2) is 28.7 Å². The maximum absolute atomic E-state index is 11.0. The van der Waals surface area contributed by atoms with Gasteiger partial charge in [-0.3, -0.25) is 4.79 Å². The summed E-state index contributed by atoms with van der Waals surface area (Å²) in [5.74, 6) is -0.0139. The van der Waals surface area contributed by atoms with Crippen molar-refractivity contribution >= 4 is 16.8 Å². The van der Waals surface area contributed by atoms with Gasteiger partial charge in [-0.2, -0.15) is 0 Å². The number of fused-ring (bicyclic) bond motifs is 1. The van der Waals surface area contributed by atoms with Crippen LogP contribution in [0.5, 0.6) is 0 Å². The number of Topliss-reactive ketones (excluding diaryl/α,β-unsaturated/α-hetero) is 1. The first-order valence-corrected chi connectivity index (χ1v) is 3.69. The van der Waals surface area contributed by atoms with E-state index in [2.05, 4.69) is 6.26 Å². The smallest absolute Gasteiger partial charge is 0.182 e. The van der Waals surface area contributed by atoms with Gasteiger partial charge in [-0.25, -0.2) is 0 Å². The molecule has 0 aliphatic rings. The molecule has 0 spiro atoms. The number of para-hydroxylation sites is 1. The summed E-state index contributed by atoms with van der Waals surface area (Å²) in [5.41, 5.74) is 1.24. The average molecular weight is 159 g/mol. The summed E-state index contributed by atoms with van der Waals surface area (Å²) in [6.07, 6.45) is 2.59. The van der Waals surface area contributed by atoms with Crippen LogP contribution < -0.4 is 0 Å². The molecule has 0 atom stereocenters. The number of furan rings is 1. The highest BCUT2D eigenvalue weighted by molar-refractivity contribution is 6.05. The van der Waals surface area contributed by atoms with Crippen molar-refractivity contribution in [3.05, 3.63) is 36.1 Å². The summed E-state index contributed by atoms with van der Waals surface area (Å²) in [7, 11) is 0. The van der Waals surface area contributed by atoms with Crippen LogP contribution in [-0.4, -0.2) is 5.78 Å². The summed E-state index contributed by atoms with van der Waals surface area (Å²) in [6, 6.07) is 7.41. The lowest BCUT2D eigenvalue weighted by Crippen LogP contribution is -1.88. The van der Waals surface area contributed by atoms with E-state index in [1.807, 2.05) is 24.3 Å². The minimum atomic E-state index is -0.0139. The van der Waals surface area contributed by atoms with E-state index < -0.39 is 0 Å². The second-order valence-electron chi connectivity index (χ2n) is 2.63. The zero-order valence-corrected chi connectivity index (χ0v) is 6.63. The topological polar surface area (TPSA) is 30.2 Å². The summed E-state index contributed by atoms with van der Waals surface area (Å²) in [4.78, 5) is 11.0. The van der Waals surface area contributed by atoms with Gasteiger partial charge >= 0.3 is 0 Å². The first-order chi connectivity index (χ1) is 5.79. The lowest BCUT2D eigenvalue weighted by Gasteiger charge is -1.87. The van der Waals surface area contributed by atoms with Crippen LogP contribution in [0, 0.1) is 6.26 Å². The third kappa shape index (κ3) is 0.925. The van der Waals surface area contributed by atoms with E-state index in [1.54, 1.807) is 0 Å². The number of hydrogen-bond acceptors (Lipinski definition) is 2. The van der Waals surface area contributed by atoms with Crippen molar-refractivity contribution in [1.82, 2.24) is 0 Å². The zero-order valence-electron chi connectivity index (χ0n) is 6.63. The van der Waals surface area contributed by atoms with Gasteiger partial charge in [0.1, 0.15) is 5.58 Å². The number of ketones is 1. The van der Waals surface area contributed by atoms with Crippen molar-refractivity contribution in [2.75, 3.05) is 0 Å². The summed E-state index contributed by atoms with van der Waals surface area (Å²) in [6.45, 7) is 1.51. The van der Waals surface area contributed by atoms with Crippen molar-refractivity contribution in [3.8, 4) is 0 Å². The maximum atomic E-state index is 11.0. The van der Waals surface area contributed by atoms with Crippen LogP contribution in [0.3, 0.4) is 0 Å². The predicted molar refractivity (Wildman–Crippen MR) is 45.1 cm³/mol. The van der Waals surface area contributed by atoms with Crippen LogP contribution in [0.2, 0.25) is 0 Å². The normalized spacial score (nSPS) is 10.4. The molecule has 2 heteroatoms. The molecule has 2 nitrogen and oxygen atoms in total. The van der Waals surface area contributed by atoms with Gasteiger partial charge in [0, 0.05) is 5.39 Å². The molecule has 0 aliphatic carbocycles. The molecular weight excluding hydrogens is 152 g/mol. The molecule has 2 aromatic rings. The first-order valence-electron chi connectivity index (χ1n) is 3.69. The molecule has 0 aliphatic heterocycles. The minimum absolute atomic E-state index is 0.0139. The molecule has 0 saturated heterocycles. The second-order valence-corrected chi connectivity index (χ2v) is 2.63. The van der Waals surface area contributed by atoms with Gasteiger partial charge in [-0.1, -0.05) is 18.2 Å². The monoisotopic (exact) mass is 159 g/mol. The fourth-order valence-electron chi connectivity index (χ4n) is 1.18. The van der Waals surface area contributed by atoms with Crippen molar-refractivity contribution in [2.24, 2.45) is 0 Å². The molecule has 1 heterocycles. The quantitative estimate of drug-likeness (QED) is 0.598. The Bertz CT molecular complexity index is 426. The molecule has 0 unspecified atom stereocenters. The van der Waals surface area contributed by atoms with Gasteiger partial charge in [-0.15, -0.1) is 0 Å². The maximum Gasteiger partial charge on any atom is 0.182 e. The molecular formula is C10H7O2. The van der Waals surface area contributed by atoms with Crippen molar-refractivity contribution in [3.63, 3.8) is 0 Å². The van der Waals surface area contributed by atoms with Gasteiger partial charge in [0.15, 0.2) is 12.0 Å². The first kappa shape index (κ1) is 7.10. The summed E-state index contributed by atoms with van der Waals surface area (Å²) >= 11 is 0. The van der Waals surface area contributed by atoms with Crippen LogP contribution in [0.4, 0.5) is 0 Å². The molecule has 0 N–H and O–H groups in total. The number of rotatable bonds is 1. The lowest BCUT2D eigenvalue weighted by atomic mass is 10.1. The predicted octanol–water partition coefficient (Wildman–Crippen LogP) is 2.44. The fourth-order valence-corrected chi connectivity index (χ4v) is 1.18. The van der Waals surface area contributed by atoms with Gasteiger partial charge in [0.2, 0.25) is 0 Å². The number of carbonyl (C=O) groups excluding carboxylic acids is 1. The van der Waals surface area contributed by atoms with Crippen LogP contribution in [0.25, 0.3) is 11.0 Å². The molecule has 1 aromatic carbocycles. The van der Waals surface area contributed by atoms with Crippen LogP contribution in [0.1, 0.15) is 17.3 Å². The van der Waals surface area contributed by atoms with E-state index >= 15 is 0 Å². The van der Waals surface area contributed by atoms with E-state index in [1.165, 1.54) is 6.92 Å². The number of hydrogen-bond donors (Lipinski definition) is 0. The van der Waals surface area contributed by atoms with Crippen LogP contribution in [-0.2, 0) is 0 Å². The molecule has 12 heavy (non-hydrogen) atoms. The van der Waals surface area contributed by atoms with Crippen molar-refractivity contribution in [2.45, 2.75) is 6.92 Å². The number of carbonyl (C=O) groups is 1. The van der Waals surface area contributed by atoms with Crippen LogP contribution >= 0.6 is 0 Å². The van der Waals surface area contributed by atoms with E-state index in [9.17, 15) is 4.79 Å². The Kier molecular flexibility index (Phi) is 1.47. The Labute approximate surface area is 69.8 Å².